The van der Waals surface area contributed by atoms with Gasteiger partial charge in [-0.3, -0.25) is 9.59 Å². The summed E-state index contributed by atoms with van der Waals surface area (Å²) in [5.74, 6) is 0.0820. The summed E-state index contributed by atoms with van der Waals surface area (Å²) in [6, 6.07) is 14.5. The van der Waals surface area contributed by atoms with Gasteiger partial charge in [0.25, 0.3) is 5.91 Å². The van der Waals surface area contributed by atoms with E-state index in [1.807, 2.05) is 13.2 Å². The van der Waals surface area contributed by atoms with Crippen LogP contribution in [0.1, 0.15) is 38.5 Å². The molecule has 8 heteroatoms. The fourth-order valence-corrected chi connectivity index (χ4v) is 4.81. The van der Waals surface area contributed by atoms with Crippen LogP contribution in [0.5, 0.6) is 0 Å². The highest BCUT2D eigenvalue weighted by Crippen LogP contribution is 2.26. The highest BCUT2D eigenvalue weighted by molar-refractivity contribution is 7.98. The number of carbonyl (C=O) groups is 2. The van der Waals surface area contributed by atoms with Gasteiger partial charge in [0.15, 0.2) is 5.13 Å². The van der Waals surface area contributed by atoms with Crippen molar-refractivity contribution < 1.29 is 9.59 Å². The topological polar surface area (TPSA) is 71.1 Å². The minimum absolute atomic E-state index is 0.282. The Kier molecular flexibility index (Phi) is 8.73. The molecule has 32 heavy (non-hydrogen) atoms. The molecule has 1 aromatic heterocycles. The summed E-state index contributed by atoms with van der Waals surface area (Å²) in [6.45, 7) is 4.01. The van der Waals surface area contributed by atoms with Crippen LogP contribution in [-0.2, 0) is 11.2 Å². The van der Waals surface area contributed by atoms with Crippen LogP contribution in [0.3, 0.4) is 0 Å². The molecule has 0 radical (unpaired) electrons. The van der Waals surface area contributed by atoms with Gasteiger partial charge < -0.3 is 10.6 Å². The van der Waals surface area contributed by atoms with Crippen LogP contribution in [0.4, 0.5) is 5.13 Å². The summed E-state index contributed by atoms with van der Waals surface area (Å²) in [6.07, 6.45) is 3.23. The van der Waals surface area contributed by atoms with Gasteiger partial charge in [0.1, 0.15) is 6.04 Å². The monoisotopic (exact) mass is 487 g/mol. The highest BCUT2D eigenvalue weighted by atomic mass is 35.5. The van der Waals surface area contributed by atoms with E-state index in [0.29, 0.717) is 22.1 Å². The lowest BCUT2D eigenvalue weighted by molar-refractivity contribution is -0.118. The first-order valence-electron chi connectivity index (χ1n) is 10.2. The summed E-state index contributed by atoms with van der Waals surface area (Å²) < 4.78 is 0. The first-order chi connectivity index (χ1) is 15.4. The number of aromatic nitrogens is 1. The Bertz CT molecular complexity index is 1080. The summed E-state index contributed by atoms with van der Waals surface area (Å²) >= 11 is 9.22. The molecule has 5 nitrogen and oxygen atoms in total. The van der Waals surface area contributed by atoms with Crippen molar-refractivity contribution in [2.24, 2.45) is 0 Å². The Morgan fingerprint density at radius 3 is 2.53 bits per heavy atom. The number of thioether (sulfide) groups is 1. The second-order valence-corrected chi connectivity index (χ2v) is 9.94. The number of carbonyl (C=O) groups excluding carboxylic acids is 2. The molecule has 1 heterocycles. The number of aryl methyl sites for hydroxylation is 2. The smallest absolute Gasteiger partial charge is 0.253 e. The average Bonchev–Trinajstić information content (AvgIpc) is 3.11. The van der Waals surface area contributed by atoms with Gasteiger partial charge in [-0.1, -0.05) is 53.6 Å². The molecule has 168 valence electrons. The van der Waals surface area contributed by atoms with Crippen molar-refractivity contribution >= 4 is 51.6 Å². The number of rotatable bonds is 9. The number of anilines is 1. The van der Waals surface area contributed by atoms with Crippen LogP contribution in [0.2, 0.25) is 5.02 Å². The Labute approximate surface area is 202 Å². The van der Waals surface area contributed by atoms with Crippen molar-refractivity contribution in [1.29, 1.82) is 0 Å². The van der Waals surface area contributed by atoms with Crippen molar-refractivity contribution in [3.8, 4) is 0 Å². The molecule has 0 fully saturated rings. The second kappa shape index (κ2) is 11.5. The number of nitrogens with zero attached hydrogens (tertiary/aromatic N) is 1. The minimum Gasteiger partial charge on any atom is -0.340 e. The number of hydrogen-bond donors (Lipinski definition) is 2. The van der Waals surface area contributed by atoms with Gasteiger partial charge in [0.05, 0.1) is 16.3 Å². The molecule has 0 spiro atoms. The average molecular weight is 488 g/mol. The van der Waals surface area contributed by atoms with E-state index in [1.165, 1.54) is 22.5 Å². The zero-order valence-corrected chi connectivity index (χ0v) is 20.7. The number of halogens is 1. The number of amides is 2. The van der Waals surface area contributed by atoms with E-state index in [1.54, 1.807) is 36.0 Å². The fraction of sp³-hybridized carbons (Fsp3) is 0.292. The van der Waals surface area contributed by atoms with E-state index in [0.717, 1.165) is 22.7 Å². The molecule has 1 atom stereocenters. The number of thiazole rings is 1. The van der Waals surface area contributed by atoms with Crippen LogP contribution in [0.15, 0.2) is 48.5 Å². The quantitative estimate of drug-likeness (QED) is 0.418. The molecule has 1 unspecified atom stereocenters. The van der Waals surface area contributed by atoms with Gasteiger partial charge in [0.2, 0.25) is 5.91 Å². The molecule has 2 N–H and O–H groups in total. The predicted molar refractivity (Wildman–Crippen MR) is 135 cm³/mol. The maximum atomic E-state index is 13.0. The highest BCUT2D eigenvalue weighted by Gasteiger charge is 2.23. The van der Waals surface area contributed by atoms with E-state index < -0.39 is 6.04 Å². The lowest BCUT2D eigenvalue weighted by Gasteiger charge is -2.17. The van der Waals surface area contributed by atoms with Crippen LogP contribution in [0, 0.1) is 13.8 Å². The van der Waals surface area contributed by atoms with Crippen molar-refractivity contribution in [2.75, 3.05) is 17.3 Å². The molecule has 2 amide bonds. The van der Waals surface area contributed by atoms with Gasteiger partial charge in [-0.2, -0.15) is 11.8 Å². The van der Waals surface area contributed by atoms with E-state index >= 15 is 0 Å². The largest absolute Gasteiger partial charge is 0.340 e. The van der Waals surface area contributed by atoms with Crippen LogP contribution < -0.4 is 10.6 Å². The first-order valence-corrected chi connectivity index (χ1v) is 12.8. The Morgan fingerprint density at radius 1 is 1.12 bits per heavy atom. The second-order valence-electron chi connectivity index (χ2n) is 7.47. The lowest BCUT2D eigenvalue weighted by Crippen LogP contribution is -2.44. The van der Waals surface area contributed by atoms with Crippen molar-refractivity contribution in [3.05, 3.63) is 80.8 Å². The molecule has 0 saturated carbocycles. The summed E-state index contributed by atoms with van der Waals surface area (Å²) in [5, 5.41) is 6.60. The molecule has 2 aromatic carbocycles. The van der Waals surface area contributed by atoms with Crippen LogP contribution in [0.25, 0.3) is 0 Å². The predicted octanol–water partition coefficient (Wildman–Crippen LogP) is 5.49. The molecule has 0 bridgehead atoms. The van der Waals surface area contributed by atoms with Gasteiger partial charge in [-0.25, -0.2) is 4.98 Å². The van der Waals surface area contributed by atoms with Crippen LogP contribution in [-0.4, -0.2) is 34.8 Å². The summed E-state index contributed by atoms with van der Waals surface area (Å²) in [4.78, 5) is 31.3. The maximum Gasteiger partial charge on any atom is 0.253 e. The minimum atomic E-state index is -0.684. The Balaban J connectivity index is 1.69. The summed E-state index contributed by atoms with van der Waals surface area (Å²) in [5.41, 5.74) is 3.66. The number of benzene rings is 2. The number of hydrogen-bond acceptors (Lipinski definition) is 5. The van der Waals surface area contributed by atoms with Gasteiger partial charge in [0, 0.05) is 11.3 Å². The fourth-order valence-electron chi connectivity index (χ4n) is 3.12. The molecular formula is C24H26ClN3O2S2. The third-order valence-corrected chi connectivity index (χ3v) is 7.01. The summed E-state index contributed by atoms with van der Waals surface area (Å²) in [7, 11) is 0. The lowest BCUT2D eigenvalue weighted by atomic mass is 10.1. The first kappa shape index (κ1) is 24.3. The van der Waals surface area contributed by atoms with Crippen molar-refractivity contribution in [3.63, 3.8) is 0 Å². The normalized spacial score (nSPS) is 11.8. The zero-order valence-electron chi connectivity index (χ0n) is 18.3. The molecule has 3 rings (SSSR count). The van der Waals surface area contributed by atoms with Crippen LogP contribution >= 0.6 is 34.7 Å². The van der Waals surface area contributed by atoms with E-state index in [-0.39, 0.29) is 11.8 Å². The number of nitrogens with one attached hydrogen (secondary N) is 2. The molecule has 3 aromatic rings. The third-order valence-electron chi connectivity index (χ3n) is 4.96. The van der Waals surface area contributed by atoms with Gasteiger partial charge in [-0.05, 0) is 50.0 Å². The Hall–Kier alpha value is -2.35. The SMILES string of the molecule is CSCCC(NC(=O)c1ccccc1Cl)C(=O)Nc1nc(C)c(Cc2ccc(C)cc2)s1. The van der Waals surface area contributed by atoms with E-state index in [2.05, 4.69) is 46.8 Å². The van der Waals surface area contributed by atoms with Gasteiger partial charge in [-0.15, -0.1) is 11.3 Å². The van der Waals surface area contributed by atoms with Crippen molar-refractivity contribution in [2.45, 2.75) is 32.7 Å². The van der Waals surface area contributed by atoms with Gasteiger partial charge >= 0.3 is 0 Å². The molecule has 0 aliphatic carbocycles. The van der Waals surface area contributed by atoms with Crippen molar-refractivity contribution in [1.82, 2.24) is 10.3 Å². The molecule has 0 saturated heterocycles. The maximum absolute atomic E-state index is 13.0. The standard InChI is InChI=1S/C24H26ClN3O2S2/c1-15-8-10-17(11-9-15)14-21-16(2)26-24(32-21)28-23(30)20(12-13-31-3)27-22(29)18-6-4-5-7-19(18)25/h4-11,20H,12-14H2,1-3H3,(H,27,29)(H,26,28,30). The molecular weight excluding hydrogens is 462 g/mol. The molecule has 0 aliphatic heterocycles. The third kappa shape index (κ3) is 6.58. The molecule has 0 aliphatic rings. The van der Waals surface area contributed by atoms with E-state index in [9.17, 15) is 9.59 Å². The zero-order chi connectivity index (χ0) is 23.1. The van der Waals surface area contributed by atoms with E-state index in [4.69, 9.17) is 11.6 Å². The Morgan fingerprint density at radius 2 is 1.84 bits per heavy atom.